The van der Waals surface area contributed by atoms with Gasteiger partial charge in [-0.1, -0.05) is 60.7 Å². The predicted octanol–water partition coefficient (Wildman–Crippen LogP) is 3.64. The van der Waals surface area contributed by atoms with E-state index in [1.165, 1.54) is 14.2 Å². The number of nitrogens with one attached hydrogen (secondary N) is 2. The zero-order valence-corrected chi connectivity index (χ0v) is 19.6. The second-order valence-corrected chi connectivity index (χ2v) is 7.56. The predicted molar refractivity (Wildman–Crippen MR) is 126 cm³/mol. The van der Waals surface area contributed by atoms with Gasteiger partial charge in [0.25, 0.3) is 0 Å². The molecular formula is C25H27N3O7. The van der Waals surface area contributed by atoms with Gasteiger partial charge in [-0.25, -0.2) is 19.4 Å². The number of hydrogen-bond donors (Lipinski definition) is 2. The van der Waals surface area contributed by atoms with Crippen molar-refractivity contribution in [3.8, 4) is 0 Å². The first-order valence-electron chi connectivity index (χ1n) is 10.9. The topological polar surface area (TPSA) is 129 Å². The highest BCUT2D eigenvalue weighted by molar-refractivity contribution is 5.93. The molecule has 3 rings (SSSR count). The molecule has 1 aromatic heterocycles. The zero-order chi connectivity index (χ0) is 25.2. The Morgan fingerprint density at radius 1 is 0.943 bits per heavy atom. The normalized spacial score (nSPS) is 12.2. The molecular weight excluding hydrogens is 454 g/mol. The van der Waals surface area contributed by atoms with Crippen LogP contribution in [0.25, 0.3) is 0 Å². The van der Waals surface area contributed by atoms with Gasteiger partial charge < -0.3 is 29.3 Å². The Labute approximate surface area is 202 Å². The van der Waals surface area contributed by atoms with E-state index in [2.05, 4.69) is 15.6 Å². The summed E-state index contributed by atoms with van der Waals surface area (Å²) in [6.07, 6.45) is -0.422. The van der Waals surface area contributed by atoms with Crippen molar-refractivity contribution in [1.82, 2.24) is 10.3 Å². The highest BCUT2D eigenvalue weighted by Crippen LogP contribution is 2.24. The fourth-order valence-electron chi connectivity index (χ4n) is 3.20. The van der Waals surface area contributed by atoms with Crippen molar-refractivity contribution in [3.63, 3.8) is 0 Å². The molecule has 35 heavy (non-hydrogen) atoms. The van der Waals surface area contributed by atoms with Crippen LogP contribution in [0, 0.1) is 0 Å². The lowest BCUT2D eigenvalue weighted by molar-refractivity contribution is -0.141. The van der Waals surface area contributed by atoms with Crippen LogP contribution in [0.1, 0.15) is 40.5 Å². The molecule has 0 aliphatic rings. The Morgan fingerprint density at radius 3 is 2.17 bits per heavy atom. The number of carbonyl (C=O) groups excluding carboxylic acids is 3. The molecule has 0 unspecified atom stereocenters. The highest BCUT2D eigenvalue weighted by Gasteiger charge is 2.29. The molecule has 0 spiro atoms. The summed E-state index contributed by atoms with van der Waals surface area (Å²) >= 11 is 0. The Morgan fingerprint density at radius 2 is 1.57 bits per heavy atom. The van der Waals surface area contributed by atoms with Crippen molar-refractivity contribution >= 4 is 23.9 Å². The third-order valence-electron chi connectivity index (χ3n) is 5.01. The van der Waals surface area contributed by atoms with Gasteiger partial charge in [-0.2, -0.15) is 0 Å². The smallest absolute Gasteiger partial charge is 0.408 e. The van der Waals surface area contributed by atoms with E-state index in [-0.39, 0.29) is 30.5 Å². The summed E-state index contributed by atoms with van der Waals surface area (Å²) in [6, 6.07) is 16.9. The number of nitrogens with zero attached hydrogens (tertiary/aromatic N) is 1. The maximum atomic E-state index is 12.4. The quantitative estimate of drug-likeness (QED) is 0.329. The summed E-state index contributed by atoms with van der Waals surface area (Å²) < 4.78 is 20.6. The van der Waals surface area contributed by atoms with Crippen LogP contribution in [0.2, 0.25) is 0 Å². The number of alkyl carbamates (subject to hydrolysis) is 1. The lowest BCUT2D eigenvalue weighted by Crippen LogP contribution is -2.33. The van der Waals surface area contributed by atoms with E-state index < -0.39 is 30.1 Å². The number of aromatic nitrogens is 1. The minimum absolute atomic E-state index is 0.0212. The molecule has 2 N–H and O–H groups in total. The molecule has 0 saturated carbocycles. The molecule has 0 aliphatic carbocycles. The van der Waals surface area contributed by atoms with Crippen LogP contribution < -0.4 is 10.6 Å². The fraction of sp³-hybridized carbons (Fsp3) is 0.280. The third-order valence-corrected chi connectivity index (χ3v) is 5.01. The Bertz CT molecular complexity index is 1130. The standard InChI is InChI=1S/C25H27N3O7/c1-16(26-25(31)34-15-18-12-8-5-9-13-18)21-28-20(24(30)33-3)22(35-21)27-19(23(29)32-2)14-17-10-6-4-7-11-17/h4-13,16,19,27H,14-15H2,1-3H3,(H,26,31)/t16-,19-/m0/s1. The summed E-state index contributed by atoms with van der Waals surface area (Å²) in [7, 11) is 2.47. The van der Waals surface area contributed by atoms with Gasteiger partial charge >= 0.3 is 18.0 Å². The van der Waals surface area contributed by atoms with Gasteiger partial charge in [0, 0.05) is 6.42 Å². The summed E-state index contributed by atoms with van der Waals surface area (Å²) in [5.74, 6) is -1.39. The van der Waals surface area contributed by atoms with E-state index in [9.17, 15) is 14.4 Å². The largest absolute Gasteiger partial charge is 0.467 e. The maximum Gasteiger partial charge on any atom is 0.408 e. The van der Waals surface area contributed by atoms with Crippen LogP contribution in [-0.2, 0) is 32.0 Å². The number of methoxy groups -OCH3 is 2. The van der Waals surface area contributed by atoms with Crippen LogP contribution in [0.3, 0.4) is 0 Å². The van der Waals surface area contributed by atoms with Gasteiger partial charge in [0.15, 0.2) is 0 Å². The number of rotatable bonds is 10. The van der Waals surface area contributed by atoms with Gasteiger partial charge in [-0.05, 0) is 18.1 Å². The van der Waals surface area contributed by atoms with Crippen molar-refractivity contribution in [2.45, 2.75) is 32.0 Å². The third kappa shape index (κ3) is 7.07. The fourth-order valence-corrected chi connectivity index (χ4v) is 3.20. The average Bonchev–Trinajstić information content (AvgIpc) is 3.31. The number of oxazole rings is 1. The van der Waals surface area contributed by atoms with Crippen LogP contribution in [0.4, 0.5) is 10.7 Å². The molecule has 0 radical (unpaired) electrons. The molecule has 0 bridgehead atoms. The summed E-state index contributed by atoms with van der Waals surface area (Å²) in [4.78, 5) is 41.1. The van der Waals surface area contributed by atoms with Crippen molar-refractivity contribution in [3.05, 3.63) is 83.4 Å². The number of ether oxygens (including phenoxy) is 3. The highest BCUT2D eigenvalue weighted by atomic mass is 16.5. The van der Waals surface area contributed by atoms with Crippen molar-refractivity contribution in [2.75, 3.05) is 19.5 Å². The Kier molecular flexibility index (Phi) is 8.82. The maximum absolute atomic E-state index is 12.4. The first-order valence-corrected chi connectivity index (χ1v) is 10.9. The van der Waals surface area contributed by atoms with E-state index in [0.717, 1.165) is 11.1 Å². The number of anilines is 1. The number of amides is 1. The van der Waals surface area contributed by atoms with Crippen LogP contribution in [0.15, 0.2) is 65.1 Å². The van der Waals surface area contributed by atoms with E-state index in [1.54, 1.807) is 6.92 Å². The van der Waals surface area contributed by atoms with Crippen molar-refractivity contribution < 1.29 is 33.0 Å². The van der Waals surface area contributed by atoms with Gasteiger partial charge in [-0.3, -0.25) is 0 Å². The molecule has 184 valence electrons. The molecule has 1 amide bonds. The second-order valence-electron chi connectivity index (χ2n) is 7.56. The van der Waals surface area contributed by atoms with E-state index in [0.29, 0.717) is 0 Å². The van der Waals surface area contributed by atoms with Crippen LogP contribution in [0.5, 0.6) is 0 Å². The monoisotopic (exact) mass is 481 g/mol. The van der Waals surface area contributed by atoms with E-state index in [4.69, 9.17) is 18.6 Å². The number of hydrogen-bond acceptors (Lipinski definition) is 9. The molecule has 2 atom stereocenters. The Hall–Kier alpha value is -4.34. The first kappa shape index (κ1) is 25.3. The molecule has 1 heterocycles. The number of carbonyl (C=O) groups is 3. The summed E-state index contributed by atoms with van der Waals surface area (Å²) in [5.41, 5.74) is 1.53. The Balaban J connectivity index is 1.74. The molecule has 0 fully saturated rings. The molecule has 3 aromatic rings. The van der Waals surface area contributed by atoms with E-state index >= 15 is 0 Å². The average molecular weight is 482 g/mol. The lowest BCUT2D eigenvalue weighted by Gasteiger charge is -2.16. The van der Waals surface area contributed by atoms with Crippen molar-refractivity contribution in [1.29, 1.82) is 0 Å². The molecule has 10 nitrogen and oxygen atoms in total. The SMILES string of the molecule is COC(=O)c1nc([C@H](C)NC(=O)OCc2ccccc2)oc1N[C@@H](Cc1ccccc1)C(=O)OC. The number of esters is 2. The molecule has 0 aliphatic heterocycles. The van der Waals surface area contributed by atoms with E-state index in [1.807, 2.05) is 60.7 Å². The zero-order valence-electron chi connectivity index (χ0n) is 19.6. The number of benzene rings is 2. The van der Waals surface area contributed by atoms with Crippen LogP contribution >= 0.6 is 0 Å². The van der Waals surface area contributed by atoms with Crippen LogP contribution in [-0.4, -0.2) is 43.3 Å². The van der Waals surface area contributed by atoms with Gasteiger partial charge in [0.1, 0.15) is 18.7 Å². The minimum Gasteiger partial charge on any atom is -0.467 e. The van der Waals surface area contributed by atoms with Crippen molar-refractivity contribution in [2.24, 2.45) is 0 Å². The minimum atomic E-state index is -0.870. The molecule has 2 aromatic carbocycles. The van der Waals surface area contributed by atoms with Gasteiger partial charge in [0.05, 0.1) is 14.2 Å². The first-order chi connectivity index (χ1) is 16.9. The second kappa shape index (κ2) is 12.2. The summed E-state index contributed by atoms with van der Waals surface area (Å²) in [6.45, 7) is 1.70. The molecule has 0 saturated heterocycles. The van der Waals surface area contributed by atoms with Gasteiger partial charge in [0.2, 0.25) is 17.5 Å². The summed E-state index contributed by atoms with van der Waals surface area (Å²) in [5, 5.41) is 5.49. The molecule has 10 heteroatoms. The lowest BCUT2D eigenvalue weighted by atomic mass is 10.1. The van der Waals surface area contributed by atoms with Gasteiger partial charge in [-0.15, -0.1) is 0 Å².